The molecular formula is C33H57N9O9. The van der Waals surface area contributed by atoms with Crippen LogP contribution in [-0.4, -0.2) is 116 Å². The molecule has 0 aromatic carbocycles. The second-order valence-corrected chi connectivity index (χ2v) is 13.4. The predicted octanol–water partition coefficient (Wildman–Crippen LogP) is -0.379. The first-order valence-electron chi connectivity index (χ1n) is 17.3. The summed E-state index contributed by atoms with van der Waals surface area (Å²) >= 11 is 0. The first-order chi connectivity index (χ1) is 24.0. The molecule has 0 unspecified atom stereocenters. The van der Waals surface area contributed by atoms with E-state index in [2.05, 4.69) is 31.7 Å². The maximum absolute atomic E-state index is 13.7. The number of amides is 5. The number of carbonyl (C=O) groups is 7. The average Bonchev–Trinajstić information content (AvgIpc) is 3.08. The maximum atomic E-state index is 13.7. The first-order valence-corrected chi connectivity index (χ1v) is 17.3. The summed E-state index contributed by atoms with van der Waals surface area (Å²) in [6, 6.07) is -2.04. The summed E-state index contributed by atoms with van der Waals surface area (Å²) in [4.78, 5) is 91.4. The van der Waals surface area contributed by atoms with Crippen LogP contribution in [0.4, 0.5) is 0 Å². The van der Waals surface area contributed by atoms with Crippen LogP contribution in [0.1, 0.15) is 73.6 Å². The number of nitrogens with one attached hydrogen (secondary N) is 6. The molecule has 3 atom stereocenters. The number of nitrogens with two attached hydrogens (primary N) is 1. The quantitative estimate of drug-likeness (QED) is 0.0528. The number of nitrogens with zero attached hydrogens (tertiary/aromatic N) is 2. The molecule has 1 fully saturated rings. The summed E-state index contributed by atoms with van der Waals surface area (Å²) in [5.41, 5.74) is 10.8. The van der Waals surface area contributed by atoms with Gasteiger partial charge < -0.3 is 41.8 Å². The standard InChI is InChI=1S/C33H57N9O9/c1-7-33(6,51-30(47)9-8-26(43)36-17-23(16-34)41-35)31(48)24(14-21(2)3)39-28(45)19-38-32(49)25(15-22(4)5)40-27(44)18-37-29(46)20-42-10-12-50-13-11-42/h16,21-22,24-25,35H,7-15,17-20,34H2,1-6H3,(H,36,43)(H,37,46)(H,38,49)(H,39,45)(H,40,44)/b23-16-,41-35?/t24-,25-,33+/m0/s1. The Morgan fingerprint density at radius 1 is 0.843 bits per heavy atom. The van der Waals surface area contributed by atoms with Crippen LogP contribution in [0.25, 0.3) is 0 Å². The molecule has 18 nitrogen and oxygen atoms in total. The zero-order valence-electron chi connectivity index (χ0n) is 30.7. The Morgan fingerprint density at radius 2 is 1.39 bits per heavy atom. The van der Waals surface area contributed by atoms with Crippen LogP contribution in [0.5, 0.6) is 0 Å². The Hall–Kier alpha value is -4.45. The molecule has 1 aliphatic heterocycles. The van der Waals surface area contributed by atoms with E-state index in [0.717, 1.165) is 6.20 Å². The minimum absolute atomic E-state index is 0.00785. The van der Waals surface area contributed by atoms with Crippen molar-refractivity contribution in [1.82, 2.24) is 31.5 Å². The molecular weight excluding hydrogens is 666 g/mol. The maximum Gasteiger partial charge on any atom is 0.307 e. The van der Waals surface area contributed by atoms with E-state index in [9.17, 15) is 33.6 Å². The van der Waals surface area contributed by atoms with E-state index in [4.69, 9.17) is 20.7 Å². The van der Waals surface area contributed by atoms with E-state index in [-0.39, 0.29) is 75.2 Å². The normalized spacial score (nSPS) is 15.9. The molecule has 288 valence electrons. The highest BCUT2D eigenvalue weighted by Gasteiger charge is 2.41. The van der Waals surface area contributed by atoms with Gasteiger partial charge in [-0.3, -0.25) is 38.5 Å². The van der Waals surface area contributed by atoms with Gasteiger partial charge in [0, 0.05) is 25.7 Å². The number of hydrogen-bond donors (Lipinski definition) is 7. The van der Waals surface area contributed by atoms with Crippen molar-refractivity contribution in [1.29, 1.82) is 5.53 Å². The summed E-state index contributed by atoms with van der Waals surface area (Å²) in [6.45, 7) is 12.0. The second kappa shape index (κ2) is 23.1. The lowest BCUT2D eigenvalue weighted by atomic mass is 9.88. The molecule has 51 heavy (non-hydrogen) atoms. The van der Waals surface area contributed by atoms with Gasteiger partial charge in [0.1, 0.15) is 6.04 Å². The monoisotopic (exact) mass is 723 g/mol. The topological polar surface area (TPSA) is 264 Å². The summed E-state index contributed by atoms with van der Waals surface area (Å²) in [6.07, 6.45) is 1.08. The van der Waals surface area contributed by atoms with Gasteiger partial charge in [0.25, 0.3) is 0 Å². The zero-order valence-corrected chi connectivity index (χ0v) is 30.7. The number of Topliss-reactive ketones (excluding diaryl/α,β-unsaturated/α-hetero) is 1. The van der Waals surface area contributed by atoms with Gasteiger partial charge in [-0.2, -0.15) is 5.11 Å². The number of morpholine rings is 1. The van der Waals surface area contributed by atoms with Crippen molar-refractivity contribution in [3.63, 3.8) is 0 Å². The summed E-state index contributed by atoms with van der Waals surface area (Å²) in [5.74, 6) is -4.06. The molecule has 1 saturated heterocycles. The fraction of sp³-hybridized carbons (Fsp3) is 0.727. The summed E-state index contributed by atoms with van der Waals surface area (Å²) in [7, 11) is 0. The third-order valence-electron chi connectivity index (χ3n) is 7.95. The average molecular weight is 724 g/mol. The molecule has 5 amide bonds. The number of esters is 1. The smallest absolute Gasteiger partial charge is 0.307 e. The Balaban J connectivity index is 2.77. The Kier molecular flexibility index (Phi) is 20.2. The van der Waals surface area contributed by atoms with Gasteiger partial charge in [-0.15, -0.1) is 0 Å². The zero-order chi connectivity index (χ0) is 38.6. The van der Waals surface area contributed by atoms with Crippen LogP contribution in [-0.2, 0) is 43.0 Å². The van der Waals surface area contributed by atoms with Crippen LogP contribution in [0, 0.1) is 17.4 Å². The van der Waals surface area contributed by atoms with Gasteiger partial charge in [0.2, 0.25) is 29.5 Å². The van der Waals surface area contributed by atoms with Crippen LogP contribution in [0.15, 0.2) is 17.0 Å². The van der Waals surface area contributed by atoms with Crippen molar-refractivity contribution in [2.75, 3.05) is 52.5 Å². The SMILES string of the molecule is CC[C@@](C)(OC(=O)CCC(=O)NC/C(=C/N)N=N)C(=O)[C@H](CC(C)C)NC(=O)CNC(=O)[C@H](CC(C)C)NC(=O)CNC(=O)CN1CCOCC1. The Labute approximate surface area is 299 Å². The fourth-order valence-electron chi connectivity index (χ4n) is 4.98. The molecule has 0 spiro atoms. The van der Waals surface area contributed by atoms with Gasteiger partial charge >= 0.3 is 5.97 Å². The molecule has 1 aliphatic rings. The van der Waals surface area contributed by atoms with Crippen LogP contribution >= 0.6 is 0 Å². The minimum Gasteiger partial charge on any atom is -0.451 e. The highest BCUT2D eigenvalue weighted by Crippen LogP contribution is 2.22. The predicted molar refractivity (Wildman–Crippen MR) is 186 cm³/mol. The van der Waals surface area contributed by atoms with E-state index in [1.807, 2.05) is 32.6 Å². The van der Waals surface area contributed by atoms with Crippen molar-refractivity contribution in [2.24, 2.45) is 22.7 Å². The number of carbonyl (C=O) groups excluding carboxylic acids is 7. The number of rotatable bonds is 23. The van der Waals surface area contributed by atoms with Crippen LogP contribution in [0.2, 0.25) is 0 Å². The van der Waals surface area contributed by atoms with E-state index < -0.39 is 59.6 Å². The molecule has 8 N–H and O–H groups in total. The van der Waals surface area contributed by atoms with Gasteiger partial charge in [-0.05, 0) is 38.0 Å². The summed E-state index contributed by atoms with van der Waals surface area (Å²) in [5, 5.41) is 16.0. The Bertz CT molecular complexity index is 1250. The number of ether oxygens (including phenoxy) is 2. The largest absolute Gasteiger partial charge is 0.451 e. The van der Waals surface area contributed by atoms with E-state index in [0.29, 0.717) is 26.3 Å². The van der Waals surface area contributed by atoms with Gasteiger partial charge in [-0.25, -0.2) is 5.53 Å². The van der Waals surface area contributed by atoms with Crippen molar-refractivity contribution in [3.05, 3.63) is 11.9 Å². The molecule has 0 aromatic rings. The lowest BCUT2D eigenvalue weighted by Gasteiger charge is -2.32. The fourth-order valence-corrected chi connectivity index (χ4v) is 4.98. The van der Waals surface area contributed by atoms with Gasteiger partial charge in [0.15, 0.2) is 11.4 Å². The molecule has 0 bridgehead atoms. The van der Waals surface area contributed by atoms with Crippen molar-refractivity contribution in [3.8, 4) is 0 Å². The van der Waals surface area contributed by atoms with E-state index >= 15 is 0 Å². The van der Waals surface area contributed by atoms with Crippen LogP contribution in [0.3, 0.4) is 0 Å². The lowest BCUT2D eigenvalue weighted by molar-refractivity contribution is -0.167. The van der Waals surface area contributed by atoms with Crippen molar-refractivity contribution >= 4 is 41.3 Å². The van der Waals surface area contributed by atoms with E-state index in [1.165, 1.54) is 6.92 Å². The van der Waals surface area contributed by atoms with Crippen LogP contribution < -0.4 is 32.3 Å². The first kappa shape index (κ1) is 44.6. The highest BCUT2D eigenvalue weighted by molar-refractivity contribution is 5.97. The van der Waals surface area contributed by atoms with Crippen molar-refractivity contribution in [2.45, 2.75) is 91.3 Å². The molecule has 1 rings (SSSR count). The molecule has 0 saturated carbocycles. The van der Waals surface area contributed by atoms with Gasteiger partial charge in [0.05, 0.1) is 57.6 Å². The molecule has 0 aliphatic carbocycles. The lowest BCUT2D eigenvalue weighted by Crippen LogP contribution is -2.55. The molecule has 1 heterocycles. The third-order valence-corrected chi connectivity index (χ3v) is 7.95. The number of hydrogen-bond acceptors (Lipinski definition) is 13. The second-order valence-electron chi connectivity index (χ2n) is 13.4. The van der Waals surface area contributed by atoms with Crippen molar-refractivity contribution < 1.29 is 43.0 Å². The van der Waals surface area contributed by atoms with Gasteiger partial charge in [-0.1, -0.05) is 34.6 Å². The number of ketones is 1. The Morgan fingerprint density at radius 3 is 1.94 bits per heavy atom. The molecule has 18 heteroatoms. The third kappa shape index (κ3) is 17.9. The highest BCUT2D eigenvalue weighted by atomic mass is 16.6. The minimum atomic E-state index is -1.62. The summed E-state index contributed by atoms with van der Waals surface area (Å²) < 4.78 is 10.8. The van der Waals surface area contributed by atoms with E-state index in [1.54, 1.807) is 6.92 Å². The molecule has 0 radical (unpaired) electrons. The molecule has 0 aromatic heterocycles.